The minimum Gasteiger partial charge on any atom is -1.00 e. The van der Waals surface area contributed by atoms with Crippen molar-refractivity contribution >= 4 is 0 Å². The molecule has 1 atom stereocenters. The van der Waals surface area contributed by atoms with Gasteiger partial charge in [-0.05, 0) is 6.92 Å². The van der Waals surface area contributed by atoms with Gasteiger partial charge in [-0.1, -0.05) is 0 Å². The molecule has 3 N–H and O–H groups in total. The molecule has 2 nitrogen and oxygen atoms in total. The molecule has 0 amide bonds. The summed E-state index contributed by atoms with van der Waals surface area (Å²) < 4.78 is 0. The van der Waals surface area contributed by atoms with Crippen molar-refractivity contribution in [2.45, 2.75) is 19.4 Å². The molecular weight excluding hydrogens is 126 g/mol. The SMILES string of the molecule is C[NH2+]C(C)CCO.[Cl-]. The van der Waals surface area contributed by atoms with E-state index in [2.05, 4.69) is 12.2 Å². The van der Waals surface area contributed by atoms with Crippen molar-refractivity contribution in [3.8, 4) is 0 Å². The average Bonchev–Trinajstić information content (AvgIpc) is 1.68. The predicted molar refractivity (Wildman–Crippen MR) is 29.0 cm³/mol. The second kappa shape index (κ2) is 7.21. The first kappa shape index (κ1) is 11.1. The summed E-state index contributed by atoms with van der Waals surface area (Å²) in [4.78, 5) is 0. The smallest absolute Gasteiger partial charge is 0.0850 e. The van der Waals surface area contributed by atoms with E-state index in [-0.39, 0.29) is 12.4 Å². The number of nitrogens with two attached hydrogens (primary N) is 1. The van der Waals surface area contributed by atoms with Gasteiger partial charge >= 0.3 is 0 Å². The predicted octanol–water partition coefficient (Wildman–Crippen LogP) is -4.05. The molecule has 0 aliphatic rings. The lowest BCUT2D eigenvalue weighted by molar-refractivity contribution is -0.660. The van der Waals surface area contributed by atoms with Gasteiger partial charge in [0.2, 0.25) is 0 Å². The molecular formula is C5H14ClNO. The molecule has 0 saturated heterocycles. The molecule has 0 spiro atoms. The van der Waals surface area contributed by atoms with E-state index < -0.39 is 0 Å². The molecule has 3 heteroatoms. The van der Waals surface area contributed by atoms with Crippen molar-refractivity contribution in [1.29, 1.82) is 0 Å². The first-order chi connectivity index (χ1) is 3.31. The minimum absolute atomic E-state index is 0. The normalized spacial score (nSPS) is 12.4. The van der Waals surface area contributed by atoms with Crippen LogP contribution in [0.2, 0.25) is 0 Å². The number of hydrogen-bond acceptors (Lipinski definition) is 1. The van der Waals surface area contributed by atoms with E-state index in [0.717, 1.165) is 6.42 Å². The largest absolute Gasteiger partial charge is 1.00 e. The first-order valence-corrected chi connectivity index (χ1v) is 2.71. The summed E-state index contributed by atoms with van der Waals surface area (Å²) in [7, 11) is 2.01. The van der Waals surface area contributed by atoms with Crippen LogP contribution in [0.5, 0.6) is 0 Å². The number of rotatable bonds is 3. The van der Waals surface area contributed by atoms with Gasteiger partial charge in [0.15, 0.2) is 0 Å². The van der Waals surface area contributed by atoms with Crippen LogP contribution < -0.4 is 17.7 Å². The van der Waals surface area contributed by atoms with Crippen molar-refractivity contribution in [2.24, 2.45) is 0 Å². The van der Waals surface area contributed by atoms with Gasteiger partial charge in [0.25, 0.3) is 0 Å². The van der Waals surface area contributed by atoms with Gasteiger partial charge in [-0.25, -0.2) is 0 Å². The summed E-state index contributed by atoms with van der Waals surface area (Å²) in [5.41, 5.74) is 0. The summed E-state index contributed by atoms with van der Waals surface area (Å²) in [6, 6.07) is 0.574. The Morgan fingerprint density at radius 2 is 2.12 bits per heavy atom. The minimum atomic E-state index is 0. The average molecular weight is 140 g/mol. The fourth-order valence-corrected chi connectivity index (χ4v) is 0.370. The number of aliphatic hydroxyl groups excluding tert-OH is 1. The lowest BCUT2D eigenvalue weighted by atomic mass is 10.2. The van der Waals surface area contributed by atoms with Crippen LogP contribution in [0.15, 0.2) is 0 Å². The molecule has 0 aromatic heterocycles. The topological polar surface area (TPSA) is 36.8 Å². The zero-order valence-corrected chi connectivity index (χ0v) is 6.15. The fraction of sp³-hybridized carbons (Fsp3) is 1.00. The third-order valence-electron chi connectivity index (χ3n) is 1.15. The third-order valence-corrected chi connectivity index (χ3v) is 1.15. The molecule has 0 aromatic rings. The van der Waals surface area contributed by atoms with Gasteiger partial charge in [0, 0.05) is 13.0 Å². The lowest BCUT2D eigenvalue weighted by Crippen LogP contribution is -3.00. The Morgan fingerprint density at radius 1 is 1.62 bits per heavy atom. The summed E-state index contributed by atoms with van der Waals surface area (Å²) in [6.45, 7) is 2.40. The molecule has 0 rings (SSSR count). The van der Waals surface area contributed by atoms with Crippen LogP contribution in [0.3, 0.4) is 0 Å². The highest BCUT2D eigenvalue weighted by molar-refractivity contribution is 4.39. The van der Waals surface area contributed by atoms with Crippen LogP contribution in [-0.2, 0) is 0 Å². The van der Waals surface area contributed by atoms with Gasteiger partial charge < -0.3 is 22.8 Å². The van der Waals surface area contributed by atoms with Gasteiger partial charge in [-0.15, -0.1) is 0 Å². The Kier molecular flexibility index (Phi) is 9.97. The van der Waals surface area contributed by atoms with Crippen molar-refractivity contribution in [3.63, 3.8) is 0 Å². The van der Waals surface area contributed by atoms with Crippen molar-refractivity contribution in [1.82, 2.24) is 0 Å². The molecule has 52 valence electrons. The van der Waals surface area contributed by atoms with E-state index in [1.54, 1.807) is 0 Å². The Morgan fingerprint density at radius 3 is 2.25 bits per heavy atom. The molecule has 8 heavy (non-hydrogen) atoms. The maximum atomic E-state index is 8.35. The quantitative estimate of drug-likeness (QED) is 0.411. The molecule has 0 radical (unpaired) electrons. The highest BCUT2D eigenvalue weighted by Crippen LogP contribution is 1.77. The third kappa shape index (κ3) is 6.21. The second-order valence-electron chi connectivity index (χ2n) is 1.82. The lowest BCUT2D eigenvalue weighted by Gasteiger charge is -2.01. The maximum absolute atomic E-state index is 8.35. The van der Waals surface area contributed by atoms with Crippen LogP contribution in [0, 0.1) is 0 Å². The fourth-order valence-electron chi connectivity index (χ4n) is 0.370. The Hall–Kier alpha value is 0.210. The Bertz CT molecular complexity index is 43.4. The monoisotopic (exact) mass is 139 g/mol. The van der Waals surface area contributed by atoms with E-state index in [1.165, 1.54) is 0 Å². The van der Waals surface area contributed by atoms with Crippen molar-refractivity contribution < 1.29 is 22.8 Å². The molecule has 0 bridgehead atoms. The number of hydrogen-bond donors (Lipinski definition) is 2. The van der Waals surface area contributed by atoms with E-state index in [9.17, 15) is 0 Å². The van der Waals surface area contributed by atoms with Crippen LogP contribution in [0.1, 0.15) is 13.3 Å². The summed E-state index contributed by atoms with van der Waals surface area (Å²) in [5.74, 6) is 0. The highest BCUT2D eigenvalue weighted by Gasteiger charge is 1.96. The highest BCUT2D eigenvalue weighted by atomic mass is 35.5. The molecule has 0 fully saturated rings. The van der Waals surface area contributed by atoms with E-state index in [1.807, 2.05) is 7.05 Å². The molecule has 0 aliphatic heterocycles. The van der Waals surface area contributed by atoms with Crippen LogP contribution in [0.25, 0.3) is 0 Å². The molecule has 0 aromatic carbocycles. The van der Waals surface area contributed by atoms with Crippen LogP contribution in [-0.4, -0.2) is 24.8 Å². The molecule has 0 aliphatic carbocycles. The summed E-state index contributed by atoms with van der Waals surface area (Å²) in [5, 5.41) is 10.4. The van der Waals surface area contributed by atoms with Gasteiger partial charge in [0.1, 0.15) is 0 Å². The Balaban J connectivity index is 0. The Labute approximate surface area is 56.7 Å². The number of halogens is 1. The number of quaternary nitrogens is 1. The molecule has 0 saturated carbocycles. The van der Waals surface area contributed by atoms with Crippen LogP contribution in [0.4, 0.5) is 0 Å². The standard InChI is InChI=1S/C5H13NO.ClH/c1-5(6-2)3-4-7;/h5-7H,3-4H2,1-2H3;1H. The van der Waals surface area contributed by atoms with Crippen molar-refractivity contribution in [2.75, 3.05) is 13.7 Å². The van der Waals surface area contributed by atoms with E-state index in [4.69, 9.17) is 5.11 Å². The zero-order valence-electron chi connectivity index (χ0n) is 5.39. The van der Waals surface area contributed by atoms with Gasteiger partial charge in [-0.3, -0.25) is 0 Å². The number of aliphatic hydroxyl groups is 1. The van der Waals surface area contributed by atoms with E-state index in [0.29, 0.717) is 12.6 Å². The van der Waals surface area contributed by atoms with Gasteiger partial charge in [-0.2, -0.15) is 0 Å². The van der Waals surface area contributed by atoms with Crippen LogP contribution >= 0.6 is 0 Å². The van der Waals surface area contributed by atoms with E-state index >= 15 is 0 Å². The zero-order chi connectivity index (χ0) is 5.70. The maximum Gasteiger partial charge on any atom is 0.0850 e. The second-order valence-corrected chi connectivity index (χ2v) is 1.82. The van der Waals surface area contributed by atoms with Crippen molar-refractivity contribution in [3.05, 3.63) is 0 Å². The van der Waals surface area contributed by atoms with Gasteiger partial charge in [0.05, 0.1) is 13.1 Å². The summed E-state index contributed by atoms with van der Waals surface area (Å²) >= 11 is 0. The molecule has 1 unspecified atom stereocenters. The molecule has 0 heterocycles. The summed E-state index contributed by atoms with van der Waals surface area (Å²) in [6.07, 6.45) is 0.899. The first-order valence-electron chi connectivity index (χ1n) is 2.71.